The lowest BCUT2D eigenvalue weighted by atomic mass is 9.97. The predicted molar refractivity (Wildman–Crippen MR) is 67.1 cm³/mol. The van der Waals surface area contributed by atoms with Crippen LogP contribution in [0.2, 0.25) is 0 Å². The van der Waals surface area contributed by atoms with E-state index in [4.69, 9.17) is 4.74 Å². The van der Waals surface area contributed by atoms with Crippen LogP contribution in [-0.4, -0.2) is 26.1 Å². The average molecular weight is 234 g/mol. The van der Waals surface area contributed by atoms with E-state index in [-0.39, 0.29) is 11.8 Å². The molecule has 1 aliphatic rings. The van der Waals surface area contributed by atoms with Crippen molar-refractivity contribution in [2.24, 2.45) is 11.8 Å². The number of methoxy groups -OCH3 is 1. The van der Waals surface area contributed by atoms with E-state index in [0.29, 0.717) is 5.92 Å². The Bertz CT molecular complexity index is 406. The molecular weight excluding hydrogens is 216 g/mol. The highest BCUT2D eigenvalue weighted by Crippen LogP contribution is 2.20. The van der Waals surface area contributed by atoms with Gasteiger partial charge in [-0.1, -0.05) is 13.0 Å². The molecule has 17 heavy (non-hydrogen) atoms. The molecule has 1 aromatic rings. The standard InChI is InChI=1S/C13H18N2O2/c1-9-7-14-8-12(9)13(16)15-10-4-3-5-11(6-10)17-2/h3-6,9,12,14H,7-8H2,1-2H3,(H,15,16)/t9-,12-/m1/s1. The van der Waals surface area contributed by atoms with Crippen molar-refractivity contribution in [3.8, 4) is 5.75 Å². The minimum atomic E-state index is 0.0567. The number of rotatable bonds is 3. The molecule has 1 saturated heterocycles. The molecule has 0 radical (unpaired) electrons. The molecule has 2 atom stereocenters. The molecule has 0 spiro atoms. The summed E-state index contributed by atoms with van der Waals surface area (Å²) in [5.41, 5.74) is 0.786. The minimum Gasteiger partial charge on any atom is -0.497 e. The summed E-state index contributed by atoms with van der Waals surface area (Å²) in [6.45, 7) is 3.77. The van der Waals surface area contributed by atoms with Crippen molar-refractivity contribution in [1.82, 2.24) is 5.32 Å². The van der Waals surface area contributed by atoms with E-state index in [1.165, 1.54) is 0 Å². The normalized spacial score (nSPS) is 23.4. The van der Waals surface area contributed by atoms with Gasteiger partial charge in [0.15, 0.2) is 0 Å². The van der Waals surface area contributed by atoms with Crippen LogP contribution in [0.5, 0.6) is 5.75 Å². The summed E-state index contributed by atoms with van der Waals surface area (Å²) < 4.78 is 5.12. The topological polar surface area (TPSA) is 50.4 Å². The van der Waals surface area contributed by atoms with Gasteiger partial charge in [-0.15, -0.1) is 0 Å². The fourth-order valence-corrected chi connectivity index (χ4v) is 2.10. The Morgan fingerprint density at radius 1 is 1.47 bits per heavy atom. The maximum atomic E-state index is 12.0. The third-order valence-electron chi connectivity index (χ3n) is 3.19. The number of hydrogen-bond donors (Lipinski definition) is 2. The molecule has 1 heterocycles. The number of ether oxygens (including phenoxy) is 1. The molecule has 2 N–H and O–H groups in total. The highest BCUT2D eigenvalue weighted by Gasteiger charge is 2.29. The van der Waals surface area contributed by atoms with Crippen LogP contribution in [0.15, 0.2) is 24.3 Å². The third-order valence-corrected chi connectivity index (χ3v) is 3.19. The molecule has 1 amide bonds. The molecule has 1 aromatic carbocycles. The zero-order chi connectivity index (χ0) is 12.3. The summed E-state index contributed by atoms with van der Waals surface area (Å²) in [5, 5.41) is 6.16. The summed E-state index contributed by atoms with van der Waals surface area (Å²) in [7, 11) is 1.61. The lowest BCUT2D eigenvalue weighted by molar-refractivity contribution is -0.120. The van der Waals surface area contributed by atoms with Crippen molar-refractivity contribution >= 4 is 11.6 Å². The van der Waals surface area contributed by atoms with Crippen molar-refractivity contribution in [2.45, 2.75) is 6.92 Å². The molecule has 0 unspecified atom stereocenters. The molecular formula is C13H18N2O2. The lowest BCUT2D eigenvalue weighted by Crippen LogP contribution is -2.27. The largest absolute Gasteiger partial charge is 0.497 e. The van der Waals surface area contributed by atoms with E-state index in [1.807, 2.05) is 24.3 Å². The van der Waals surface area contributed by atoms with Gasteiger partial charge in [-0.05, 0) is 24.6 Å². The number of carbonyl (C=O) groups excluding carboxylic acids is 1. The van der Waals surface area contributed by atoms with Crippen LogP contribution >= 0.6 is 0 Å². The molecule has 4 nitrogen and oxygen atoms in total. The van der Waals surface area contributed by atoms with Gasteiger partial charge in [0, 0.05) is 18.3 Å². The first-order chi connectivity index (χ1) is 8.20. The Labute approximate surface area is 101 Å². The predicted octanol–water partition coefficient (Wildman–Crippen LogP) is 1.49. The van der Waals surface area contributed by atoms with Gasteiger partial charge in [0.1, 0.15) is 5.75 Å². The highest BCUT2D eigenvalue weighted by atomic mass is 16.5. The molecule has 0 aromatic heterocycles. The number of benzene rings is 1. The minimum absolute atomic E-state index is 0.0567. The van der Waals surface area contributed by atoms with Gasteiger partial charge in [0.2, 0.25) is 5.91 Å². The first kappa shape index (κ1) is 11.9. The van der Waals surface area contributed by atoms with E-state index in [0.717, 1.165) is 24.5 Å². The highest BCUT2D eigenvalue weighted by molar-refractivity contribution is 5.93. The van der Waals surface area contributed by atoms with Gasteiger partial charge in [-0.25, -0.2) is 0 Å². The van der Waals surface area contributed by atoms with Crippen LogP contribution in [0.3, 0.4) is 0 Å². The van der Waals surface area contributed by atoms with Crippen LogP contribution in [-0.2, 0) is 4.79 Å². The van der Waals surface area contributed by atoms with Crippen molar-refractivity contribution in [2.75, 3.05) is 25.5 Å². The van der Waals surface area contributed by atoms with Gasteiger partial charge in [-0.3, -0.25) is 4.79 Å². The molecule has 0 aliphatic carbocycles. The Morgan fingerprint density at radius 2 is 2.29 bits per heavy atom. The molecule has 4 heteroatoms. The Morgan fingerprint density at radius 3 is 2.94 bits per heavy atom. The molecule has 0 bridgehead atoms. The van der Waals surface area contributed by atoms with Crippen molar-refractivity contribution in [3.63, 3.8) is 0 Å². The van der Waals surface area contributed by atoms with E-state index >= 15 is 0 Å². The van der Waals surface area contributed by atoms with Gasteiger partial charge in [0.05, 0.1) is 13.0 Å². The SMILES string of the molecule is COc1cccc(NC(=O)[C@@H]2CNC[C@H]2C)c1. The third kappa shape index (κ3) is 2.77. The maximum absolute atomic E-state index is 12.0. The lowest BCUT2D eigenvalue weighted by Gasteiger charge is -2.14. The smallest absolute Gasteiger partial charge is 0.229 e. The fraction of sp³-hybridized carbons (Fsp3) is 0.462. The second kappa shape index (κ2) is 5.19. The van der Waals surface area contributed by atoms with Gasteiger partial charge in [-0.2, -0.15) is 0 Å². The molecule has 92 valence electrons. The first-order valence-electron chi connectivity index (χ1n) is 5.86. The van der Waals surface area contributed by atoms with Gasteiger partial charge in [0.25, 0.3) is 0 Å². The summed E-state index contributed by atoms with van der Waals surface area (Å²) in [4.78, 5) is 12.0. The Kier molecular flexibility index (Phi) is 3.64. The van der Waals surface area contributed by atoms with Crippen LogP contribution in [0.4, 0.5) is 5.69 Å². The quantitative estimate of drug-likeness (QED) is 0.833. The molecule has 0 saturated carbocycles. The van der Waals surface area contributed by atoms with Gasteiger partial charge >= 0.3 is 0 Å². The van der Waals surface area contributed by atoms with Crippen molar-refractivity contribution < 1.29 is 9.53 Å². The second-order valence-corrected chi connectivity index (χ2v) is 4.46. The van der Waals surface area contributed by atoms with Crippen molar-refractivity contribution in [3.05, 3.63) is 24.3 Å². The number of nitrogens with one attached hydrogen (secondary N) is 2. The maximum Gasteiger partial charge on any atom is 0.229 e. The monoisotopic (exact) mass is 234 g/mol. The van der Waals surface area contributed by atoms with Crippen LogP contribution < -0.4 is 15.4 Å². The van der Waals surface area contributed by atoms with E-state index in [2.05, 4.69) is 17.6 Å². The first-order valence-corrected chi connectivity index (χ1v) is 5.86. The van der Waals surface area contributed by atoms with Crippen LogP contribution in [0.25, 0.3) is 0 Å². The Balaban J connectivity index is 2.02. The molecule has 2 rings (SSSR count). The zero-order valence-corrected chi connectivity index (χ0v) is 10.2. The summed E-state index contributed by atoms with van der Waals surface area (Å²) >= 11 is 0. The number of carbonyl (C=O) groups is 1. The second-order valence-electron chi connectivity index (χ2n) is 4.46. The van der Waals surface area contributed by atoms with Gasteiger partial charge < -0.3 is 15.4 Å². The summed E-state index contributed by atoms with van der Waals surface area (Å²) in [6.07, 6.45) is 0. The zero-order valence-electron chi connectivity index (χ0n) is 10.2. The average Bonchev–Trinajstić information content (AvgIpc) is 2.76. The molecule has 1 aliphatic heterocycles. The van der Waals surface area contributed by atoms with Crippen LogP contribution in [0.1, 0.15) is 6.92 Å². The van der Waals surface area contributed by atoms with E-state index in [9.17, 15) is 4.79 Å². The van der Waals surface area contributed by atoms with E-state index < -0.39 is 0 Å². The number of amides is 1. The fourth-order valence-electron chi connectivity index (χ4n) is 2.10. The van der Waals surface area contributed by atoms with Crippen molar-refractivity contribution in [1.29, 1.82) is 0 Å². The summed E-state index contributed by atoms with van der Waals surface area (Å²) in [5.74, 6) is 1.28. The van der Waals surface area contributed by atoms with E-state index in [1.54, 1.807) is 7.11 Å². The van der Waals surface area contributed by atoms with Crippen LogP contribution in [0, 0.1) is 11.8 Å². The number of hydrogen-bond acceptors (Lipinski definition) is 3. The summed E-state index contributed by atoms with van der Waals surface area (Å²) in [6, 6.07) is 7.42. The number of anilines is 1. The molecule has 1 fully saturated rings. The Hall–Kier alpha value is -1.55.